The second kappa shape index (κ2) is 20.5. The first-order valence-electron chi connectivity index (χ1n) is 22.0. The predicted molar refractivity (Wildman–Crippen MR) is 262 cm³/mol. The topological polar surface area (TPSA) is 280 Å². The summed E-state index contributed by atoms with van der Waals surface area (Å²) in [5.74, 6) is -1.46. The molecule has 0 saturated carbocycles. The van der Waals surface area contributed by atoms with Crippen molar-refractivity contribution in [3.8, 4) is 0 Å². The van der Waals surface area contributed by atoms with Gasteiger partial charge in [0.05, 0.1) is 34.8 Å². The van der Waals surface area contributed by atoms with Crippen LogP contribution in [0.25, 0.3) is 21.5 Å². The maximum absolute atomic E-state index is 12.7. The number of aliphatic carboxylic acids is 1. The third-order valence-electron chi connectivity index (χ3n) is 13.1. The van der Waals surface area contributed by atoms with Crippen molar-refractivity contribution in [3.63, 3.8) is 0 Å². The van der Waals surface area contributed by atoms with Crippen LogP contribution >= 0.6 is 0 Å². The SMILES string of the molecule is COCCc1cc(S(=O)(=O)O)cc2c3c(ccc12)N(CCOC)C(/C=C/C=C/C=C1/N(CCCCCC(=O)O)c2ccc4c(S(=O)(=O)O)cc(S(=O)(=O)O)cc4c2C1(C)C)C3(C)CCCS(=O)(=O)O. The number of anilines is 2. The molecule has 0 bridgehead atoms. The van der Waals surface area contributed by atoms with Gasteiger partial charge in [-0.2, -0.15) is 33.7 Å². The Morgan fingerprint density at radius 3 is 1.91 bits per heavy atom. The minimum absolute atomic E-state index is 0.0207. The van der Waals surface area contributed by atoms with Gasteiger partial charge in [-0.1, -0.05) is 63.6 Å². The summed E-state index contributed by atoms with van der Waals surface area (Å²) in [5.41, 5.74) is 1.98. The maximum Gasteiger partial charge on any atom is 0.303 e. The van der Waals surface area contributed by atoms with E-state index in [1.807, 2.05) is 56.0 Å². The molecule has 5 N–H and O–H groups in total. The second-order valence-electron chi connectivity index (χ2n) is 18.0. The number of carbonyl (C=O) groups is 1. The average molecular weight is 1040 g/mol. The Bertz CT molecular complexity index is 3200. The summed E-state index contributed by atoms with van der Waals surface area (Å²) in [5, 5.41) is 10.7. The zero-order chi connectivity index (χ0) is 50.9. The number of nitrogens with zero attached hydrogens (tertiary/aromatic N) is 2. The fourth-order valence-corrected chi connectivity index (χ4v) is 12.4. The summed E-state index contributed by atoms with van der Waals surface area (Å²) in [6.07, 6.45) is 11.2. The van der Waals surface area contributed by atoms with Gasteiger partial charge in [0, 0.05) is 67.0 Å². The lowest BCUT2D eigenvalue weighted by molar-refractivity contribution is -0.137. The van der Waals surface area contributed by atoms with E-state index in [1.54, 1.807) is 25.3 Å². The average Bonchev–Trinajstić information content (AvgIpc) is 3.61. The van der Waals surface area contributed by atoms with Crippen LogP contribution in [0.5, 0.6) is 0 Å². The number of benzene rings is 4. The first-order chi connectivity index (χ1) is 32.1. The highest BCUT2D eigenvalue weighted by molar-refractivity contribution is 7.87. The number of rotatable bonds is 22. The van der Waals surface area contributed by atoms with E-state index < -0.39 is 78.9 Å². The van der Waals surface area contributed by atoms with Crippen molar-refractivity contribution < 1.29 is 71.3 Å². The number of carboxylic acid groups (broad SMARTS) is 1. The molecular formula is C47H58N2O16S4. The lowest BCUT2D eigenvalue weighted by atomic mass is 9.73. The summed E-state index contributed by atoms with van der Waals surface area (Å²) in [6.45, 7) is 6.95. The zero-order valence-corrected chi connectivity index (χ0v) is 42.1. The van der Waals surface area contributed by atoms with Crippen LogP contribution in [-0.4, -0.2) is 115 Å². The first-order valence-corrected chi connectivity index (χ1v) is 28.0. The highest BCUT2D eigenvalue weighted by Gasteiger charge is 2.47. The third-order valence-corrected chi connectivity index (χ3v) is 16.4. The predicted octanol–water partition coefficient (Wildman–Crippen LogP) is 7.12. The van der Waals surface area contributed by atoms with Gasteiger partial charge in [0.1, 0.15) is 4.90 Å². The summed E-state index contributed by atoms with van der Waals surface area (Å²) in [7, 11) is -15.9. The monoisotopic (exact) mass is 1030 g/mol. The molecule has 2 unspecified atom stereocenters. The smallest absolute Gasteiger partial charge is 0.303 e. The number of allylic oxidation sites excluding steroid dienone is 5. The van der Waals surface area contributed by atoms with Crippen LogP contribution in [0.4, 0.5) is 11.4 Å². The molecule has 4 aromatic rings. The van der Waals surface area contributed by atoms with Crippen molar-refractivity contribution in [1.82, 2.24) is 0 Å². The van der Waals surface area contributed by atoms with Gasteiger partial charge in [-0.05, 0) is 107 Å². The van der Waals surface area contributed by atoms with Crippen LogP contribution in [-0.2, 0) is 72.0 Å². The number of unbranched alkanes of at least 4 members (excludes halogenated alkanes) is 2. The summed E-state index contributed by atoms with van der Waals surface area (Å²) in [6, 6.07) is 11.1. The maximum atomic E-state index is 12.7. The van der Waals surface area contributed by atoms with Crippen LogP contribution in [0.15, 0.2) is 99.3 Å². The van der Waals surface area contributed by atoms with Crippen molar-refractivity contribution in [2.24, 2.45) is 0 Å². The molecule has 0 amide bonds. The van der Waals surface area contributed by atoms with Crippen LogP contribution in [0, 0.1) is 0 Å². The largest absolute Gasteiger partial charge is 0.481 e. The van der Waals surface area contributed by atoms with Crippen molar-refractivity contribution >= 4 is 79.4 Å². The normalized spacial score (nSPS) is 19.2. The Kier molecular flexibility index (Phi) is 16.0. The highest BCUT2D eigenvalue weighted by atomic mass is 32.2. The Hall–Kier alpha value is -4.75. The van der Waals surface area contributed by atoms with Crippen LogP contribution < -0.4 is 9.80 Å². The Labute approximate surface area is 403 Å². The molecule has 2 aliphatic rings. The Balaban J connectivity index is 1.48. The van der Waals surface area contributed by atoms with Gasteiger partial charge in [0.2, 0.25) is 0 Å². The van der Waals surface area contributed by atoms with Gasteiger partial charge in [-0.15, -0.1) is 0 Å². The molecule has 0 spiro atoms. The van der Waals surface area contributed by atoms with Gasteiger partial charge in [0.25, 0.3) is 40.5 Å². The summed E-state index contributed by atoms with van der Waals surface area (Å²) < 4.78 is 151. The lowest BCUT2D eigenvalue weighted by Crippen LogP contribution is -2.43. The molecule has 0 aromatic heterocycles. The van der Waals surface area contributed by atoms with E-state index in [0.29, 0.717) is 83.7 Å². The van der Waals surface area contributed by atoms with E-state index in [-0.39, 0.29) is 48.1 Å². The fraction of sp³-hybridized carbons (Fsp3) is 0.426. The van der Waals surface area contributed by atoms with E-state index in [9.17, 15) is 61.8 Å². The second-order valence-corrected chi connectivity index (χ2v) is 23.8. The molecule has 0 aliphatic carbocycles. The molecule has 22 heteroatoms. The van der Waals surface area contributed by atoms with Crippen molar-refractivity contribution in [3.05, 3.63) is 101 Å². The molecule has 2 heterocycles. The van der Waals surface area contributed by atoms with Crippen molar-refractivity contribution in [2.45, 2.75) is 97.3 Å². The third kappa shape index (κ3) is 11.6. The van der Waals surface area contributed by atoms with E-state index in [1.165, 1.54) is 31.4 Å². The lowest BCUT2D eigenvalue weighted by Gasteiger charge is -2.35. The van der Waals surface area contributed by atoms with E-state index >= 15 is 0 Å². The summed E-state index contributed by atoms with van der Waals surface area (Å²) in [4.78, 5) is 13.6. The standard InChI is InChI=1S/C47H58N2O16S4/c1-46(2)41(48(22-11-7-10-15-43(50)51)38-19-17-35-37(44(38)46)29-33(68(58,59)60)30-40(35)69(61,62)63)13-8-6-9-14-42-47(3,21-12-26-66(52,53)54)45-36-28-32(67(55,56)57)27-31(20-24-64-4)34(36)16-18-39(45)49(42)23-25-65-5/h6,8-9,13-14,16-19,27-30,42H,7,10-12,15,20-26H2,1-5H3,(H,50,51)(H,52,53,54)(H,55,56,57)(H,58,59,60)(H,61,62,63)/b8-6+,14-9+,41-13+. The van der Waals surface area contributed by atoms with E-state index in [2.05, 4.69) is 4.90 Å². The molecule has 0 radical (unpaired) electrons. The van der Waals surface area contributed by atoms with E-state index in [0.717, 1.165) is 5.69 Å². The van der Waals surface area contributed by atoms with E-state index in [4.69, 9.17) is 9.47 Å². The molecule has 69 heavy (non-hydrogen) atoms. The number of methoxy groups -OCH3 is 2. The molecule has 2 aliphatic heterocycles. The minimum atomic E-state index is -4.98. The number of fused-ring (bicyclic) bond motifs is 6. The number of hydrogen-bond acceptors (Lipinski definition) is 13. The van der Waals surface area contributed by atoms with Crippen molar-refractivity contribution in [2.75, 3.05) is 56.1 Å². The van der Waals surface area contributed by atoms with Crippen molar-refractivity contribution in [1.29, 1.82) is 0 Å². The van der Waals surface area contributed by atoms with Gasteiger partial charge in [-0.3, -0.25) is 23.0 Å². The van der Waals surface area contributed by atoms with Gasteiger partial charge >= 0.3 is 5.97 Å². The van der Waals surface area contributed by atoms with Gasteiger partial charge in [-0.25, -0.2) is 0 Å². The number of hydrogen-bond donors (Lipinski definition) is 5. The first kappa shape index (κ1) is 53.6. The highest BCUT2D eigenvalue weighted by Crippen LogP contribution is 2.54. The molecule has 376 valence electrons. The quantitative estimate of drug-likeness (QED) is 0.0297. The Morgan fingerprint density at radius 1 is 0.681 bits per heavy atom. The van der Waals surface area contributed by atoms with Gasteiger partial charge in [0.15, 0.2) is 0 Å². The molecule has 2 atom stereocenters. The van der Waals surface area contributed by atoms with Gasteiger partial charge < -0.3 is 24.4 Å². The molecular weight excluding hydrogens is 977 g/mol. The molecule has 18 nitrogen and oxygen atoms in total. The van der Waals surface area contributed by atoms with Crippen LogP contribution in [0.2, 0.25) is 0 Å². The van der Waals surface area contributed by atoms with Crippen LogP contribution in [0.3, 0.4) is 0 Å². The van der Waals surface area contributed by atoms with Crippen LogP contribution in [0.1, 0.15) is 76.0 Å². The number of ether oxygens (including phenoxy) is 2. The molecule has 0 saturated heterocycles. The number of carboxylic acids is 1. The summed E-state index contributed by atoms with van der Waals surface area (Å²) >= 11 is 0. The molecule has 4 aromatic carbocycles. The zero-order valence-electron chi connectivity index (χ0n) is 38.8. The fourth-order valence-electron chi connectivity index (χ4n) is 10.0. The molecule has 6 rings (SSSR count). The molecule has 0 fully saturated rings. The Morgan fingerprint density at radius 2 is 1.30 bits per heavy atom. The minimum Gasteiger partial charge on any atom is -0.481 e.